The van der Waals surface area contributed by atoms with E-state index in [1.54, 1.807) is 18.5 Å². The molecular weight excluding hydrogens is 505 g/mol. The second-order valence-corrected chi connectivity index (χ2v) is 11.7. The minimum atomic E-state index is -0.227. The van der Waals surface area contributed by atoms with Crippen molar-refractivity contribution in [2.75, 3.05) is 33.4 Å². The lowest BCUT2D eigenvalue weighted by molar-refractivity contribution is -0.0106. The van der Waals surface area contributed by atoms with Crippen LogP contribution in [0.5, 0.6) is 5.75 Å². The molecule has 1 N–H and O–H groups in total. The van der Waals surface area contributed by atoms with Crippen molar-refractivity contribution in [1.29, 1.82) is 0 Å². The van der Waals surface area contributed by atoms with Crippen LogP contribution in [0.15, 0.2) is 72.6 Å². The monoisotopic (exact) mass is 541 g/mol. The maximum atomic E-state index is 13.7. The van der Waals surface area contributed by atoms with Gasteiger partial charge in [0.2, 0.25) is 0 Å². The fourth-order valence-electron chi connectivity index (χ4n) is 6.44. The van der Waals surface area contributed by atoms with Crippen molar-refractivity contribution in [2.45, 2.75) is 44.8 Å². The Labute approximate surface area is 235 Å². The van der Waals surface area contributed by atoms with Crippen LogP contribution in [0.1, 0.15) is 65.7 Å². The minimum absolute atomic E-state index is 0.0848. The predicted octanol–water partition coefficient (Wildman–Crippen LogP) is 5.80. The molecule has 2 aromatic carbocycles. The number of carbonyl (C=O) groups is 1. The first-order valence-corrected chi connectivity index (χ1v) is 14.1. The number of nitrogens with one attached hydrogen (secondary N) is 1. The van der Waals surface area contributed by atoms with E-state index in [0.29, 0.717) is 29.9 Å². The van der Waals surface area contributed by atoms with E-state index < -0.39 is 0 Å². The molecule has 0 radical (unpaired) electrons. The molecule has 1 amide bonds. The van der Waals surface area contributed by atoms with E-state index in [-0.39, 0.29) is 23.9 Å². The number of rotatable bonds is 7. The zero-order chi connectivity index (χ0) is 27.7. The van der Waals surface area contributed by atoms with Gasteiger partial charge in [0, 0.05) is 37.5 Å². The summed E-state index contributed by atoms with van der Waals surface area (Å²) in [6.45, 7) is 5.64. The molecule has 1 aliphatic carbocycles. The summed E-state index contributed by atoms with van der Waals surface area (Å²) in [5.41, 5.74) is 6.69. The lowest BCUT2D eigenvalue weighted by Crippen LogP contribution is -2.58. The highest BCUT2D eigenvalue weighted by Crippen LogP contribution is 2.54. The van der Waals surface area contributed by atoms with E-state index in [9.17, 15) is 9.18 Å². The normalized spacial score (nSPS) is 19.4. The molecule has 1 saturated carbocycles. The number of hydrogen-bond acceptors (Lipinski definition) is 5. The first-order chi connectivity index (χ1) is 19.4. The van der Waals surface area contributed by atoms with Gasteiger partial charge in [-0.1, -0.05) is 42.0 Å². The van der Waals surface area contributed by atoms with Crippen LogP contribution in [0, 0.1) is 11.2 Å². The van der Waals surface area contributed by atoms with Gasteiger partial charge in [0.25, 0.3) is 5.91 Å². The van der Waals surface area contributed by atoms with E-state index in [1.165, 1.54) is 23.3 Å². The van der Waals surface area contributed by atoms with Gasteiger partial charge in [-0.2, -0.15) is 0 Å². The lowest BCUT2D eigenvalue weighted by Gasteiger charge is -2.56. The smallest absolute Gasteiger partial charge is 0.253 e. The van der Waals surface area contributed by atoms with Crippen LogP contribution in [0.2, 0.25) is 0 Å². The molecular formula is C33H36FN3O3. The molecule has 0 unspecified atom stereocenters. The summed E-state index contributed by atoms with van der Waals surface area (Å²) in [7, 11) is 2.17. The van der Waals surface area contributed by atoms with Gasteiger partial charge in [-0.25, -0.2) is 4.39 Å². The van der Waals surface area contributed by atoms with Crippen molar-refractivity contribution >= 4 is 11.5 Å². The van der Waals surface area contributed by atoms with Crippen LogP contribution >= 0.6 is 0 Å². The molecule has 6 rings (SSSR count). The zero-order valence-corrected chi connectivity index (χ0v) is 23.2. The molecule has 0 bridgehead atoms. The summed E-state index contributed by atoms with van der Waals surface area (Å²) < 4.78 is 25.1. The molecule has 3 aromatic rings. The van der Waals surface area contributed by atoms with Crippen LogP contribution in [0.4, 0.5) is 4.39 Å². The summed E-state index contributed by atoms with van der Waals surface area (Å²) in [5, 5.41) is 3.09. The third-order valence-electron chi connectivity index (χ3n) is 8.37. The number of pyridine rings is 1. The Morgan fingerprint density at radius 2 is 1.68 bits per heavy atom. The SMILES string of the molecule is C[C@@H](NC(=O)c1cncc(OC2CCOCC2)c1)c1ccc(C(=C2CC3(C2)CN(C)C3)c2ccc(F)cc2)cc1. The van der Waals surface area contributed by atoms with Crippen LogP contribution < -0.4 is 10.1 Å². The molecule has 40 heavy (non-hydrogen) atoms. The van der Waals surface area contributed by atoms with Crippen molar-refractivity contribution in [1.82, 2.24) is 15.2 Å². The topological polar surface area (TPSA) is 63.7 Å². The molecule has 3 aliphatic rings. The highest BCUT2D eigenvalue weighted by molar-refractivity contribution is 5.94. The summed E-state index contributed by atoms with van der Waals surface area (Å²) in [6, 6.07) is 16.7. The second-order valence-electron chi connectivity index (χ2n) is 11.7. The molecule has 7 heteroatoms. The van der Waals surface area contributed by atoms with Crippen molar-refractivity contribution in [3.63, 3.8) is 0 Å². The Morgan fingerprint density at radius 3 is 2.33 bits per heavy atom. The first kappa shape index (κ1) is 26.7. The standard InChI is InChI=1S/C33H36FN3O3/c1-22(36-32(38)26-15-30(19-35-18-26)40-29-11-13-39-14-12-29)23-3-5-24(6-4-23)31(25-7-9-28(34)10-8-25)27-16-33(17-27)20-37(2)21-33/h3-10,15,18-19,22,29H,11-14,16-17,20-21H2,1-2H3,(H,36,38)/t22-/m1/s1. The van der Waals surface area contributed by atoms with Crippen LogP contribution in [-0.4, -0.2) is 55.2 Å². The van der Waals surface area contributed by atoms with Crippen LogP contribution in [0.3, 0.4) is 0 Å². The van der Waals surface area contributed by atoms with E-state index in [0.717, 1.165) is 55.5 Å². The van der Waals surface area contributed by atoms with Crippen LogP contribution in [0.25, 0.3) is 5.57 Å². The van der Waals surface area contributed by atoms with Gasteiger partial charge in [-0.3, -0.25) is 9.78 Å². The summed E-state index contributed by atoms with van der Waals surface area (Å²) in [6.07, 6.45) is 7.14. The fraction of sp³-hybridized carbons (Fsp3) is 0.394. The molecule has 208 valence electrons. The number of ether oxygens (including phenoxy) is 2. The second kappa shape index (κ2) is 11.1. The van der Waals surface area contributed by atoms with Gasteiger partial charge in [0.1, 0.15) is 17.7 Å². The highest BCUT2D eigenvalue weighted by atomic mass is 19.1. The number of aromatic nitrogens is 1. The predicted molar refractivity (Wildman–Crippen MR) is 153 cm³/mol. The Morgan fingerprint density at radius 1 is 1.02 bits per heavy atom. The van der Waals surface area contributed by atoms with E-state index in [1.807, 2.05) is 19.1 Å². The number of nitrogens with zero attached hydrogens (tertiary/aromatic N) is 2. The molecule has 2 saturated heterocycles. The van der Waals surface area contributed by atoms with Crippen LogP contribution in [-0.2, 0) is 4.74 Å². The van der Waals surface area contributed by atoms with Gasteiger partial charge in [0.15, 0.2) is 0 Å². The largest absolute Gasteiger partial charge is 0.489 e. The summed E-state index contributed by atoms with van der Waals surface area (Å²) >= 11 is 0. The molecule has 3 fully saturated rings. The number of carbonyl (C=O) groups excluding carboxylic acids is 1. The molecule has 2 aliphatic heterocycles. The molecule has 1 aromatic heterocycles. The summed E-state index contributed by atoms with van der Waals surface area (Å²) in [5.74, 6) is 0.180. The number of likely N-dealkylation sites (tertiary alicyclic amines) is 1. The maximum absolute atomic E-state index is 13.7. The zero-order valence-electron chi connectivity index (χ0n) is 23.2. The fourth-order valence-corrected chi connectivity index (χ4v) is 6.44. The van der Waals surface area contributed by atoms with Crippen molar-refractivity contribution < 1.29 is 18.7 Å². The van der Waals surface area contributed by atoms with Gasteiger partial charge < -0.3 is 19.7 Å². The van der Waals surface area contributed by atoms with Crippen molar-refractivity contribution in [3.8, 4) is 5.75 Å². The Hall–Kier alpha value is -3.55. The summed E-state index contributed by atoms with van der Waals surface area (Å²) in [4.78, 5) is 19.6. The third-order valence-corrected chi connectivity index (χ3v) is 8.37. The average molecular weight is 542 g/mol. The molecule has 1 atom stereocenters. The van der Waals surface area contributed by atoms with Gasteiger partial charge in [0.05, 0.1) is 31.0 Å². The molecule has 6 nitrogen and oxygen atoms in total. The van der Waals surface area contributed by atoms with E-state index >= 15 is 0 Å². The number of halogens is 1. The number of allylic oxidation sites excluding steroid dienone is 1. The Kier molecular flexibility index (Phi) is 7.43. The quantitative estimate of drug-likeness (QED) is 0.410. The average Bonchev–Trinajstić information content (AvgIpc) is 2.93. The molecule has 1 spiro atoms. The van der Waals surface area contributed by atoms with Crippen molar-refractivity contribution in [2.24, 2.45) is 5.41 Å². The van der Waals surface area contributed by atoms with Gasteiger partial charge >= 0.3 is 0 Å². The Bertz CT molecular complexity index is 1380. The highest BCUT2D eigenvalue weighted by Gasteiger charge is 2.49. The Balaban J connectivity index is 1.15. The third kappa shape index (κ3) is 5.67. The van der Waals surface area contributed by atoms with Gasteiger partial charge in [-0.15, -0.1) is 0 Å². The van der Waals surface area contributed by atoms with Gasteiger partial charge in [-0.05, 0) is 67.3 Å². The van der Waals surface area contributed by atoms with Crippen molar-refractivity contribution in [3.05, 3.63) is 101 Å². The number of hydrogen-bond donors (Lipinski definition) is 1. The number of amides is 1. The maximum Gasteiger partial charge on any atom is 0.253 e. The van der Waals surface area contributed by atoms with E-state index in [4.69, 9.17) is 9.47 Å². The first-order valence-electron chi connectivity index (χ1n) is 14.1. The minimum Gasteiger partial charge on any atom is -0.489 e. The number of benzene rings is 2. The van der Waals surface area contributed by atoms with E-state index in [2.05, 4.69) is 46.5 Å². The molecule has 3 heterocycles. The lowest BCUT2D eigenvalue weighted by atomic mass is 9.59.